The smallest absolute Gasteiger partial charge is 0.340 e. The van der Waals surface area contributed by atoms with Crippen molar-refractivity contribution in [3.63, 3.8) is 0 Å². The summed E-state index contributed by atoms with van der Waals surface area (Å²) in [6, 6.07) is 1.00. The molecule has 1 rings (SSSR count). The fraction of sp³-hybridized carbons (Fsp3) is 0. The van der Waals surface area contributed by atoms with Gasteiger partial charge in [0.2, 0.25) is 0 Å². The Kier molecular flexibility index (Phi) is 3.36. The zero-order chi connectivity index (χ0) is 14.3. The van der Waals surface area contributed by atoms with Gasteiger partial charge in [0.25, 0.3) is 20.2 Å². The molecular formula is C7H6O9S2. The summed E-state index contributed by atoms with van der Waals surface area (Å²) in [7, 11) is -10.4. The number of phenols is 1. The van der Waals surface area contributed by atoms with Crippen molar-refractivity contribution in [2.75, 3.05) is 0 Å². The van der Waals surface area contributed by atoms with Crippen molar-refractivity contribution < 1.29 is 40.9 Å². The maximum Gasteiger partial charge on any atom is 0.340 e. The highest BCUT2D eigenvalue weighted by Gasteiger charge is 2.32. The largest absolute Gasteiger partial charge is 0.507 e. The Balaban J connectivity index is 4.03. The van der Waals surface area contributed by atoms with E-state index in [9.17, 15) is 26.7 Å². The van der Waals surface area contributed by atoms with E-state index in [-0.39, 0.29) is 0 Å². The fourth-order valence-corrected chi connectivity index (χ4v) is 3.20. The van der Waals surface area contributed by atoms with Gasteiger partial charge in [-0.2, -0.15) is 16.8 Å². The van der Waals surface area contributed by atoms with Gasteiger partial charge in [-0.1, -0.05) is 0 Å². The summed E-state index contributed by atoms with van der Waals surface area (Å²) < 4.78 is 61.3. The van der Waals surface area contributed by atoms with E-state index in [0.29, 0.717) is 12.1 Å². The van der Waals surface area contributed by atoms with Gasteiger partial charge >= 0.3 is 5.97 Å². The Morgan fingerprint density at radius 3 is 1.83 bits per heavy atom. The summed E-state index contributed by atoms with van der Waals surface area (Å²) in [4.78, 5) is 7.81. The van der Waals surface area contributed by atoms with E-state index in [1.807, 2.05) is 0 Å². The lowest BCUT2D eigenvalue weighted by molar-refractivity contribution is 0.0688. The normalized spacial score (nSPS) is 12.3. The molecule has 9 nitrogen and oxygen atoms in total. The minimum Gasteiger partial charge on any atom is -0.507 e. The molecule has 0 saturated heterocycles. The molecule has 0 fully saturated rings. The molecule has 0 aliphatic carbocycles. The first-order valence-corrected chi connectivity index (χ1v) is 6.88. The SMILES string of the molecule is O=C(O)c1c(O)ccc(S(=O)(=O)O)c1S(=O)(=O)O. The summed E-state index contributed by atoms with van der Waals surface area (Å²) in [5.41, 5.74) is -1.35. The maximum absolute atomic E-state index is 11.0. The van der Waals surface area contributed by atoms with E-state index in [1.54, 1.807) is 0 Å². The molecule has 0 aliphatic heterocycles. The number of carboxylic acid groups (broad SMARTS) is 1. The van der Waals surface area contributed by atoms with E-state index in [2.05, 4.69) is 0 Å². The number of aromatic hydroxyl groups is 1. The van der Waals surface area contributed by atoms with E-state index >= 15 is 0 Å². The second-order valence-corrected chi connectivity index (χ2v) is 5.79. The first-order chi connectivity index (χ1) is 7.96. The van der Waals surface area contributed by atoms with Crippen LogP contribution in [0, 0.1) is 0 Å². The monoisotopic (exact) mass is 298 g/mol. The third-order valence-corrected chi connectivity index (χ3v) is 3.81. The quantitative estimate of drug-likeness (QED) is 0.542. The number of carbonyl (C=O) groups is 1. The third kappa shape index (κ3) is 2.59. The molecule has 0 amide bonds. The van der Waals surface area contributed by atoms with Crippen molar-refractivity contribution in [3.05, 3.63) is 17.7 Å². The molecule has 0 bridgehead atoms. The predicted molar refractivity (Wildman–Crippen MR) is 54.7 cm³/mol. The summed E-state index contributed by atoms with van der Waals surface area (Å²) >= 11 is 0. The van der Waals surface area contributed by atoms with Crippen molar-refractivity contribution >= 4 is 26.2 Å². The zero-order valence-electron chi connectivity index (χ0n) is 8.30. The first kappa shape index (κ1) is 14.4. The Labute approximate surface area is 101 Å². The van der Waals surface area contributed by atoms with Crippen LogP contribution >= 0.6 is 0 Å². The van der Waals surface area contributed by atoms with Crippen molar-refractivity contribution in [1.82, 2.24) is 0 Å². The summed E-state index contributed by atoms with van der Waals surface area (Å²) in [5.74, 6) is -3.08. The highest BCUT2D eigenvalue weighted by molar-refractivity contribution is 7.89. The molecule has 0 saturated carbocycles. The van der Waals surface area contributed by atoms with Gasteiger partial charge in [0.1, 0.15) is 21.1 Å². The fourth-order valence-electron chi connectivity index (χ4n) is 1.22. The van der Waals surface area contributed by atoms with Crippen LogP contribution in [-0.2, 0) is 20.2 Å². The number of aromatic carboxylic acids is 1. The Hall–Kier alpha value is -1.69. The Morgan fingerprint density at radius 2 is 1.50 bits per heavy atom. The highest BCUT2D eigenvalue weighted by atomic mass is 32.2. The first-order valence-electron chi connectivity index (χ1n) is 4.00. The zero-order valence-corrected chi connectivity index (χ0v) is 9.93. The van der Waals surface area contributed by atoms with Crippen molar-refractivity contribution in [2.24, 2.45) is 0 Å². The van der Waals surface area contributed by atoms with Gasteiger partial charge in [0.15, 0.2) is 0 Å². The van der Waals surface area contributed by atoms with E-state index in [4.69, 9.17) is 14.2 Å². The van der Waals surface area contributed by atoms with Crippen LogP contribution in [0.2, 0.25) is 0 Å². The molecule has 0 atom stereocenters. The average molecular weight is 298 g/mol. The van der Waals surface area contributed by atoms with Gasteiger partial charge in [0.05, 0.1) is 0 Å². The Bertz CT molecular complexity index is 714. The second kappa shape index (κ2) is 4.20. The van der Waals surface area contributed by atoms with Crippen molar-refractivity contribution in [2.45, 2.75) is 9.79 Å². The standard InChI is InChI=1S/C7H6O9S2/c8-3-1-2-4(17(11,12)13)6(18(14,15)16)5(3)7(9)10/h1-2,8H,(H,9,10)(H,11,12,13)(H,14,15,16). The number of hydrogen-bond acceptors (Lipinski definition) is 6. The lowest BCUT2D eigenvalue weighted by Crippen LogP contribution is -2.14. The molecular weight excluding hydrogens is 292 g/mol. The number of hydrogen-bond donors (Lipinski definition) is 4. The van der Waals surface area contributed by atoms with Gasteiger partial charge in [-0.3, -0.25) is 9.11 Å². The topological polar surface area (TPSA) is 166 Å². The highest BCUT2D eigenvalue weighted by Crippen LogP contribution is 2.31. The number of rotatable bonds is 3. The molecule has 1 aromatic rings. The number of benzene rings is 1. The van der Waals surface area contributed by atoms with E-state index in [1.165, 1.54) is 0 Å². The summed E-state index contributed by atoms with van der Waals surface area (Å²) in [6.07, 6.45) is 0. The molecule has 1 aromatic carbocycles. The molecule has 0 aliphatic rings. The summed E-state index contributed by atoms with van der Waals surface area (Å²) in [5, 5.41) is 17.9. The van der Waals surface area contributed by atoms with E-state index in [0.717, 1.165) is 0 Å². The van der Waals surface area contributed by atoms with Crippen LogP contribution in [0.5, 0.6) is 5.75 Å². The molecule has 0 radical (unpaired) electrons. The van der Waals surface area contributed by atoms with Crippen LogP contribution in [0.3, 0.4) is 0 Å². The third-order valence-electron chi connectivity index (χ3n) is 1.85. The predicted octanol–water partition coefficient (Wildman–Crippen LogP) is -0.416. The van der Waals surface area contributed by atoms with Crippen LogP contribution < -0.4 is 0 Å². The lowest BCUT2D eigenvalue weighted by atomic mass is 10.2. The molecule has 0 heterocycles. The second-order valence-electron chi connectivity index (χ2n) is 3.04. The van der Waals surface area contributed by atoms with Gasteiger partial charge in [-0.05, 0) is 12.1 Å². The van der Waals surface area contributed by atoms with E-state index < -0.39 is 47.3 Å². The van der Waals surface area contributed by atoms with Gasteiger partial charge in [0, 0.05) is 0 Å². The maximum atomic E-state index is 11.0. The Morgan fingerprint density at radius 1 is 1.00 bits per heavy atom. The molecule has 4 N–H and O–H groups in total. The molecule has 18 heavy (non-hydrogen) atoms. The van der Waals surface area contributed by atoms with Crippen molar-refractivity contribution in [3.8, 4) is 5.75 Å². The van der Waals surface area contributed by atoms with Gasteiger partial charge < -0.3 is 10.2 Å². The lowest BCUT2D eigenvalue weighted by Gasteiger charge is -2.09. The van der Waals surface area contributed by atoms with Crippen molar-refractivity contribution in [1.29, 1.82) is 0 Å². The van der Waals surface area contributed by atoms with Gasteiger partial charge in [-0.15, -0.1) is 0 Å². The number of carboxylic acids is 1. The van der Waals surface area contributed by atoms with Crippen LogP contribution in [0.25, 0.3) is 0 Å². The van der Waals surface area contributed by atoms with Crippen LogP contribution in [-0.4, -0.2) is 42.1 Å². The van der Waals surface area contributed by atoms with Crippen LogP contribution in [0.15, 0.2) is 21.9 Å². The minimum atomic E-state index is -5.29. The molecule has 0 spiro atoms. The summed E-state index contributed by atoms with van der Waals surface area (Å²) in [6.45, 7) is 0. The van der Waals surface area contributed by atoms with Crippen LogP contribution in [0.4, 0.5) is 0 Å². The molecule has 100 valence electrons. The minimum absolute atomic E-state index is 0.445. The molecule has 0 aromatic heterocycles. The van der Waals surface area contributed by atoms with Gasteiger partial charge in [-0.25, -0.2) is 4.79 Å². The molecule has 11 heteroatoms. The molecule has 0 unspecified atom stereocenters. The van der Waals surface area contributed by atoms with Crippen LogP contribution in [0.1, 0.15) is 10.4 Å². The average Bonchev–Trinajstić information content (AvgIpc) is 2.12.